The first-order chi connectivity index (χ1) is 9.56. The number of halogens is 1. The zero-order chi connectivity index (χ0) is 14.5. The molecule has 2 nitrogen and oxygen atoms in total. The number of aryl methyl sites for hydroxylation is 1. The van der Waals surface area contributed by atoms with E-state index in [-0.39, 0.29) is 0 Å². The molecule has 0 bridgehead atoms. The predicted molar refractivity (Wildman–Crippen MR) is 90.4 cm³/mol. The summed E-state index contributed by atoms with van der Waals surface area (Å²) in [7, 11) is 0. The van der Waals surface area contributed by atoms with Crippen molar-refractivity contribution in [2.24, 2.45) is 0 Å². The van der Waals surface area contributed by atoms with Crippen LogP contribution in [0.3, 0.4) is 0 Å². The molecular weight excluding hydrogens is 288 g/mol. The van der Waals surface area contributed by atoms with Gasteiger partial charge in [-0.2, -0.15) is 0 Å². The molecule has 0 spiro atoms. The van der Waals surface area contributed by atoms with Gasteiger partial charge < -0.3 is 10.6 Å². The van der Waals surface area contributed by atoms with Crippen molar-refractivity contribution in [1.29, 1.82) is 0 Å². The van der Waals surface area contributed by atoms with Crippen molar-refractivity contribution in [3.05, 3.63) is 64.2 Å². The van der Waals surface area contributed by atoms with Crippen LogP contribution in [0.25, 0.3) is 0 Å². The largest absolute Gasteiger partial charge is 0.358 e. The van der Waals surface area contributed by atoms with Gasteiger partial charge >= 0.3 is 0 Å². The summed E-state index contributed by atoms with van der Waals surface area (Å²) in [4.78, 5) is 0. The molecule has 2 aromatic carbocycles. The predicted octanol–water partition coefficient (Wildman–Crippen LogP) is 4.44. The minimum Gasteiger partial charge on any atom is -0.358 e. The molecule has 104 valence electrons. The lowest BCUT2D eigenvalue weighted by atomic mass is 10.1. The Kier molecular flexibility index (Phi) is 4.99. The molecule has 2 N–H and O–H groups in total. The van der Waals surface area contributed by atoms with Crippen molar-refractivity contribution in [1.82, 2.24) is 5.32 Å². The molecule has 0 saturated carbocycles. The van der Waals surface area contributed by atoms with Crippen LogP contribution >= 0.6 is 23.8 Å². The SMILES string of the molecule is Cc1ccc(CNC(=S)Nc2cccc(Cl)c2C)cc1. The number of benzene rings is 2. The van der Waals surface area contributed by atoms with E-state index in [1.54, 1.807) is 0 Å². The maximum absolute atomic E-state index is 6.08. The molecule has 0 saturated heterocycles. The average Bonchev–Trinajstić information content (AvgIpc) is 2.43. The molecule has 0 aliphatic rings. The van der Waals surface area contributed by atoms with Gasteiger partial charge in [-0.05, 0) is 49.3 Å². The van der Waals surface area contributed by atoms with E-state index in [2.05, 4.69) is 41.8 Å². The molecule has 20 heavy (non-hydrogen) atoms. The fourth-order valence-electron chi connectivity index (χ4n) is 1.80. The lowest BCUT2D eigenvalue weighted by molar-refractivity contribution is 0.925. The highest BCUT2D eigenvalue weighted by Crippen LogP contribution is 2.22. The van der Waals surface area contributed by atoms with Crippen molar-refractivity contribution in [2.45, 2.75) is 20.4 Å². The van der Waals surface area contributed by atoms with E-state index in [0.29, 0.717) is 11.7 Å². The van der Waals surface area contributed by atoms with Gasteiger partial charge in [0.15, 0.2) is 5.11 Å². The van der Waals surface area contributed by atoms with Crippen LogP contribution in [0, 0.1) is 13.8 Å². The molecule has 0 aliphatic carbocycles. The minimum absolute atomic E-state index is 0.593. The van der Waals surface area contributed by atoms with Crippen molar-refractivity contribution < 1.29 is 0 Å². The first-order valence-corrected chi connectivity index (χ1v) is 7.20. The molecule has 0 aromatic heterocycles. The lowest BCUT2D eigenvalue weighted by Crippen LogP contribution is -2.28. The van der Waals surface area contributed by atoms with Crippen molar-refractivity contribution >= 4 is 34.6 Å². The summed E-state index contributed by atoms with van der Waals surface area (Å²) in [5, 5.41) is 7.69. The molecule has 0 heterocycles. The first kappa shape index (κ1) is 14.8. The zero-order valence-electron chi connectivity index (χ0n) is 11.5. The van der Waals surface area contributed by atoms with E-state index in [9.17, 15) is 0 Å². The van der Waals surface area contributed by atoms with Crippen LogP contribution in [0.1, 0.15) is 16.7 Å². The summed E-state index contributed by atoms with van der Waals surface area (Å²) >= 11 is 11.4. The number of anilines is 1. The Morgan fingerprint density at radius 2 is 1.80 bits per heavy atom. The number of hydrogen-bond acceptors (Lipinski definition) is 1. The molecular formula is C16H17ClN2S. The normalized spacial score (nSPS) is 10.2. The fourth-order valence-corrected chi connectivity index (χ4v) is 2.15. The number of rotatable bonds is 3. The third-order valence-corrected chi connectivity index (χ3v) is 3.75. The van der Waals surface area contributed by atoms with E-state index in [0.717, 1.165) is 16.3 Å². The highest BCUT2D eigenvalue weighted by molar-refractivity contribution is 7.80. The average molecular weight is 305 g/mol. The minimum atomic E-state index is 0.593. The van der Waals surface area contributed by atoms with Gasteiger partial charge in [0.25, 0.3) is 0 Å². The first-order valence-electron chi connectivity index (χ1n) is 6.42. The summed E-state index contributed by atoms with van der Waals surface area (Å²) in [6, 6.07) is 14.1. The van der Waals surface area contributed by atoms with Crippen LogP contribution < -0.4 is 10.6 Å². The van der Waals surface area contributed by atoms with Crippen LogP contribution in [-0.4, -0.2) is 5.11 Å². The Morgan fingerprint density at radius 3 is 2.50 bits per heavy atom. The van der Waals surface area contributed by atoms with Crippen LogP contribution in [0.15, 0.2) is 42.5 Å². The smallest absolute Gasteiger partial charge is 0.171 e. The highest BCUT2D eigenvalue weighted by Gasteiger charge is 2.03. The third-order valence-electron chi connectivity index (χ3n) is 3.09. The van der Waals surface area contributed by atoms with Gasteiger partial charge in [-0.3, -0.25) is 0 Å². The second-order valence-corrected chi connectivity index (χ2v) is 5.52. The van der Waals surface area contributed by atoms with E-state index < -0.39 is 0 Å². The van der Waals surface area contributed by atoms with Gasteiger partial charge in [0.2, 0.25) is 0 Å². The Hall–Kier alpha value is -1.58. The third kappa shape index (κ3) is 3.95. The Bertz CT molecular complexity index is 608. The van der Waals surface area contributed by atoms with Crippen molar-refractivity contribution in [3.63, 3.8) is 0 Å². The lowest BCUT2D eigenvalue weighted by Gasteiger charge is -2.13. The van der Waals surface area contributed by atoms with E-state index >= 15 is 0 Å². The van der Waals surface area contributed by atoms with Gasteiger partial charge in [0, 0.05) is 17.3 Å². The quantitative estimate of drug-likeness (QED) is 0.820. The fraction of sp³-hybridized carbons (Fsp3) is 0.188. The van der Waals surface area contributed by atoms with Gasteiger partial charge in [-0.15, -0.1) is 0 Å². The van der Waals surface area contributed by atoms with Crippen LogP contribution in [0.4, 0.5) is 5.69 Å². The summed E-state index contributed by atoms with van der Waals surface area (Å²) in [5.41, 5.74) is 4.37. The Balaban J connectivity index is 1.92. The molecule has 0 fully saturated rings. The van der Waals surface area contributed by atoms with E-state index in [1.165, 1.54) is 11.1 Å². The van der Waals surface area contributed by atoms with E-state index in [1.807, 2.05) is 25.1 Å². The van der Waals surface area contributed by atoms with Gasteiger partial charge in [0.05, 0.1) is 0 Å². The van der Waals surface area contributed by atoms with Crippen LogP contribution in [0.5, 0.6) is 0 Å². The number of thiocarbonyl (C=S) groups is 1. The van der Waals surface area contributed by atoms with Crippen molar-refractivity contribution in [2.75, 3.05) is 5.32 Å². The maximum atomic E-state index is 6.08. The topological polar surface area (TPSA) is 24.1 Å². The second-order valence-electron chi connectivity index (χ2n) is 4.71. The molecule has 2 rings (SSSR count). The van der Waals surface area contributed by atoms with Gasteiger partial charge in [0.1, 0.15) is 0 Å². The van der Waals surface area contributed by atoms with Gasteiger partial charge in [-0.25, -0.2) is 0 Å². The highest BCUT2D eigenvalue weighted by atomic mass is 35.5. The molecule has 0 amide bonds. The number of nitrogens with one attached hydrogen (secondary N) is 2. The Morgan fingerprint density at radius 1 is 1.10 bits per heavy atom. The standard InChI is InChI=1S/C16H17ClN2S/c1-11-6-8-13(9-7-11)10-18-16(20)19-15-5-3-4-14(17)12(15)2/h3-9H,10H2,1-2H3,(H2,18,19,20). The molecule has 2 aromatic rings. The molecule has 0 aliphatic heterocycles. The summed E-state index contributed by atoms with van der Waals surface area (Å²) in [6.07, 6.45) is 0. The van der Waals surface area contributed by atoms with Gasteiger partial charge in [-0.1, -0.05) is 47.5 Å². The summed E-state index contributed by atoms with van der Waals surface area (Å²) in [5.74, 6) is 0. The molecule has 0 radical (unpaired) electrons. The monoisotopic (exact) mass is 304 g/mol. The molecule has 4 heteroatoms. The maximum Gasteiger partial charge on any atom is 0.171 e. The summed E-state index contributed by atoms with van der Waals surface area (Å²) < 4.78 is 0. The van der Waals surface area contributed by atoms with Crippen LogP contribution in [0.2, 0.25) is 5.02 Å². The number of hydrogen-bond donors (Lipinski definition) is 2. The zero-order valence-corrected chi connectivity index (χ0v) is 13.1. The van der Waals surface area contributed by atoms with Crippen molar-refractivity contribution in [3.8, 4) is 0 Å². The van der Waals surface area contributed by atoms with Crippen LogP contribution in [-0.2, 0) is 6.54 Å². The van der Waals surface area contributed by atoms with E-state index in [4.69, 9.17) is 23.8 Å². The Labute approximate surface area is 130 Å². The molecule has 0 unspecified atom stereocenters. The molecule has 0 atom stereocenters. The second kappa shape index (κ2) is 6.73. The summed E-state index contributed by atoms with van der Waals surface area (Å²) in [6.45, 7) is 4.74.